The van der Waals surface area contributed by atoms with Crippen LogP contribution in [0.15, 0.2) is 61.1 Å². The first-order valence-corrected chi connectivity index (χ1v) is 14.2. The van der Waals surface area contributed by atoms with Gasteiger partial charge < -0.3 is 15.1 Å². The van der Waals surface area contributed by atoms with Crippen LogP contribution in [0, 0.1) is 17.2 Å². The largest absolute Gasteiger partial charge is 0.369 e. The highest BCUT2D eigenvalue weighted by atomic mass is 15.3. The van der Waals surface area contributed by atoms with E-state index in [1.54, 1.807) is 0 Å². The lowest BCUT2D eigenvalue weighted by Gasteiger charge is -2.35. The van der Waals surface area contributed by atoms with Gasteiger partial charge in [-0.15, -0.1) is 0 Å². The van der Waals surface area contributed by atoms with Crippen molar-refractivity contribution in [2.75, 3.05) is 42.9 Å². The maximum Gasteiger partial charge on any atom is 0.227 e. The molecule has 1 saturated heterocycles. The van der Waals surface area contributed by atoms with Gasteiger partial charge in [0.15, 0.2) is 0 Å². The van der Waals surface area contributed by atoms with Gasteiger partial charge in [-0.25, -0.2) is 9.97 Å². The van der Waals surface area contributed by atoms with Crippen molar-refractivity contribution >= 4 is 28.2 Å². The molecule has 4 aromatic rings. The fourth-order valence-electron chi connectivity index (χ4n) is 6.15. The number of hydrogen-bond acceptors (Lipinski definition) is 7. The second-order valence-corrected chi connectivity index (χ2v) is 10.7. The van der Waals surface area contributed by atoms with Gasteiger partial charge in [-0.05, 0) is 43.5 Å². The first kappa shape index (κ1) is 25.3. The van der Waals surface area contributed by atoms with Crippen molar-refractivity contribution in [2.45, 2.75) is 45.1 Å². The van der Waals surface area contributed by atoms with E-state index in [1.165, 1.54) is 31.4 Å². The lowest BCUT2D eigenvalue weighted by molar-refractivity contribution is 0.271. The highest BCUT2D eigenvalue weighted by molar-refractivity contribution is 5.93. The van der Waals surface area contributed by atoms with Gasteiger partial charge in [0.2, 0.25) is 5.95 Å². The summed E-state index contributed by atoms with van der Waals surface area (Å²) in [6, 6.07) is 17.2. The topological polar surface area (TPSA) is 85.9 Å². The number of fused-ring (bicyclic) bond motifs is 1. The number of hydrogen-bond donors (Lipinski definition) is 1. The van der Waals surface area contributed by atoms with Crippen LogP contribution in [0.1, 0.15) is 45.1 Å². The zero-order valence-electron chi connectivity index (χ0n) is 22.6. The maximum atomic E-state index is 9.47. The molecule has 2 aliphatic rings. The molecule has 3 heterocycles. The normalized spacial score (nSPS) is 17.4. The molecule has 2 fully saturated rings. The molecule has 1 atom stereocenters. The number of nitrogens with one attached hydrogen (secondary N) is 1. The number of aromatic nitrogens is 4. The van der Waals surface area contributed by atoms with Gasteiger partial charge in [0.05, 0.1) is 30.2 Å². The molecule has 1 aliphatic carbocycles. The molecular weight excluding hydrogens is 484 g/mol. The van der Waals surface area contributed by atoms with Crippen molar-refractivity contribution in [3.05, 3.63) is 61.1 Å². The van der Waals surface area contributed by atoms with E-state index in [-0.39, 0.29) is 6.04 Å². The summed E-state index contributed by atoms with van der Waals surface area (Å²) >= 11 is 0. The minimum atomic E-state index is 0.130. The third kappa shape index (κ3) is 5.45. The van der Waals surface area contributed by atoms with Gasteiger partial charge >= 0.3 is 0 Å². The van der Waals surface area contributed by atoms with Crippen molar-refractivity contribution in [2.24, 2.45) is 5.92 Å². The summed E-state index contributed by atoms with van der Waals surface area (Å²) < 4.78 is 2.01. The van der Waals surface area contributed by atoms with E-state index < -0.39 is 0 Å². The number of rotatable bonds is 8. The molecule has 200 valence electrons. The second kappa shape index (κ2) is 11.4. The van der Waals surface area contributed by atoms with E-state index in [0.717, 1.165) is 60.4 Å². The van der Waals surface area contributed by atoms with E-state index in [0.29, 0.717) is 18.3 Å². The minimum Gasteiger partial charge on any atom is -0.369 e. The number of nitrogens with zero attached hydrogens (tertiary/aromatic N) is 7. The molecule has 0 amide bonds. The lowest BCUT2D eigenvalue weighted by Crippen LogP contribution is -2.46. The summed E-state index contributed by atoms with van der Waals surface area (Å²) in [7, 11) is 0. The molecular formula is C31H36N8. The maximum absolute atomic E-state index is 9.47. The zero-order chi connectivity index (χ0) is 26.6. The fourth-order valence-corrected chi connectivity index (χ4v) is 6.15. The van der Waals surface area contributed by atoms with Crippen LogP contribution >= 0.6 is 0 Å². The molecule has 8 nitrogen and oxygen atoms in total. The molecule has 0 radical (unpaired) electrons. The van der Waals surface area contributed by atoms with E-state index in [4.69, 9.17) is 10.1 Å². The van der Waals surface area contributed by atoms with Gasteiger partial charge in [-0.1, -0.05) is 44.0 Å². The van der Waals surface area contributed by atoms with Crippen LogP contribution in [0.4, 0.5) is 17.3 Å². The highest BCUT2D eigenvalue weighted by Crippen LogP contribution is 2.37. The van der Waals surface area contributed by atoms with E-state index in [1.807, 2.05) is 29.2 Å². The summed E-state index contributed by atoms with van der Waals surface area (Å²) in [5.74, 6) is 1.10. The van der Waals surface area contributed by atoms with Crippen molar-refractivity contribution in [3.8, 4) is 17.2 Å². The minimum absolute atomic E-state index is 0.130. The quantitative estimate of drug-likeness (QED) is 0.304. The summed E-state index contributed by atoms with van der Waals surface area (Å²) in [5, 5.41) is 18.6. The number of likely N-dealkylation sites (N-methyl/N-ethyl adjacent to an activating group) is 1. The number of para-hydroxylation sites is 1. The van der Waals surface area contributed by atoms with Gasteiger partial charge in [0, 0.05) is 66.5 Å². The van der Waals surface area contributed by atoms with Crippen molar-refractivity contribution in [1.29, 1.82) is 5.26 Å². The number of nitriles is 1. The first-order chi connectivity index (χ1) is 19.2. The third-order valence-corrected chi connectivity index (χ3v) is 8.39. The predicted octanol–water partition coefficient (Wildman–Crippen LogP) is 6.02. The summed E-state index contributed by atoms with van der Waals surface area (Å²) in [4.78, 5) is 14.5. The van der Waals surface area contributed by atoms with E-state index in [9.17, 15) is 5.26 Å². The van der Waals surface area contributed by atoms with Crippen molar-refractivity contribution < 1.29 is 0 Å². The molecule has 0 spiro atoms. The molecule has 0 bridgehead atoms. The molecule has 1 aliphatic heterocycles. The standard InChI is InChI=1S/C31H36N8/c1-2-37-15-17-38(18-16-37)27-11-6-10-26(19-27)35-31-33-20-24-9-5-12-28(30(24)36-31)25-21-34-39(22-25)29(13-14-32)23-7-3-4-8-23/h5-6,9-12,19-23,29H,2-4,7-8,13,15-18H2,1H3,(H,33,35,36). The van der Waals surface area contributed by atoms with E-state index in [2.05, 4.69) is 69.6 Å². The molecule has 2 aromatic heterocycles. The number of piperazine rings is 1. The second-order valence-electron chi connectivity index (χ2n) is 10.7. The van der Waals surface area contributed by atoms with Crippen LogP contribution in [0.25, 0.3) is 22.0 Å². The highest BCUT2D eigenvalue weighted by Gasteiger charge is 2.27. The predicted molar refractivity (Wildman–Crippen MR) is 156 cm³/mol. The van der Waals surface area contributed by atoms with Crippen molar-refractivity contribution in [1.82, 2.24) is 24.6 Å². The smallest absolute Gasteiger partial charge is 0.227 e. The van der Waals surface area contributed by atoms with Crippen LogP contribution in [0.2, 0.25) is 0 Å². The van der Waals surface area contributed by atoms with Gasteiger partial charge in [-0.2, -0.15) is 10.4 Å². The molecule has 1 saturated carbocycles. The average molecular weight is 521 g/mol. The Morgan fingerprint density at radius 3 is 2.67 bits per heavy atom. The SMILES string of the molecule is CCN1CCN(c2cccc(Nc3ncc4cccc(-c5cnn(C(CC#N)C6CCCC6)c5)c4n3)c2)CC1. The van der Waals surface area contributed by atoms with Crippen molar-refractivity contribution in [3.63, 3.8) is 0 Å². The molecule has 8 heteroatoms. The number of benzene rings is 2. The Labute approximate surface area is 230 Å². The van der Waals surface area contributed by atoms with Crippen LogP contribution in [-0.2, 0) is 0 Å². The molecule has 2 aromatic carbocycles. The van der Waals surface area contributed by atoms with Gasteiger partial charge in [0.25, 0.3) is 0 Å². The van der Waals surface area contributed by atoms with Crippen LogP contribution < -0.4 is 10.2 Å². The Bertz CT molecular complexity index is 1460. The Balaban J connectivity index is 1.25. The van der Waals surface area contributed by atoms with Crippen LogP contribution in [0.5, 0.6) is 0 Å². The molecule has 6 rings (SSSR count). The van der Waals surface area contributed by atoms with Crippen LogP contribution in [0.3, 0.4) is 0 Å². The summed E-state index contributed by atoms with van der Waals surface area (Å²) in [6.07, 6.45) is 11.2. The Kier molecular flexibility index (Phi) is 7.42. The fraction of sp³-hybridized carbons (Fsp3) is 0.419. The number of anilines is 3. The lowest BCUT2D eigenvalue weighted by atomic mass is 9.96. The summed E-state index contributed by atoms with van der Waals surface area (Å²) in [6.45, 7) is 7.60. The summed E-state index contributed by atoms with van der Waals surface area (Å²) in [5.41, 5.74) is 5.12. The third-order valence-electron chi connectivity index (χ3n) is 8.39. The van der Waals surface area contributed by atoms with Gasteiger partial charge in [-0.3, -0.25) is 4.68 Å². The molecule has 39 heavy (non-hydrogen) atoms. The van der Waals surface area contributed by atoms with E-state index >= 15 is 0 Å². The monoisotopic (exact) mass is 520 g/mol. The Hall–Kier alpha value is -3.96. The Morgan fingerprint density at radius 2 is 1.87 bits per heavy atom. The van der Waals surface area contributed by atoms with Gasteiger partial charge in [0.1, 0.15) is 0 Å². The zero-order valence-corrected chi connectivity index (χ0v) is 22.6. The average Bonchev–Trinajstić information content (AvgIpc) is 3.69. The molecule has 1 unspecified atom stereocenters. The Morgan fingerprint density at radius 1 is 1.05 bits per heavy atom. The van der Waals surface area contributed by atoms with Crippen LogP contribution in [-0.4, -0.2) is 57.4 Å². The molecule has 1 N–H and O–H groups in total. The first-order valence-electron chi connectivity index (χ1n) is 14.2.